The lowest BCUT2D eigenvalue weighted by Gasteiger charge is -1.96. The second-order valence-electron chi connectivity index (χ2n) is 1.37. The molecule has 0 amide bonds. The minimum Gasteiger partial charge on any atom is -0.466 e. The third-order valence-electron chi connectivity index (χ3n) is 0.580. The lowest BCUT2D eigenvalue weighted by atomic mass is 10.7. The van der Waals surface area contributed by atoms with Crippen molar-refractivity contribution in [1.82, 2.24) is 0 Å². The number of methoxy groups -OCH3 is 1. The van der Waals surface area contributed by atoms with Crippen LogP contribution in [0.4, 0.5) is 0 Å². The number of carbonyl (C=O) groups excluding carboxylic acids is 1. The molecule has 0 heterocycles. The van der Waals surface area contributed by atoms with Crippen molar-refractivity contribution >= 4 is 11.9 Å². The maximum Gasteiger partial charge on any atom is 0.346 e. The number of oxime groups is 1. The van der Waals surface area contributed by atoms with Crippen molar-refractivity contribution < 1.29 is 14.4 Å². The van der Waals surface area contributed by atoms with Crippen molar-refractivity contribution in [2.24, 2.45) is 16.6 Å². The quantitative estimate of drug-likeness (QED) is 0.216. The van der Waals surface area contributed by atoms with Gasteiger partial charge < -0.3 is 21.0 Å². The number of nitrogens with two attached hydrogens (primary N) is 2. The summed E-state index contributed by atoms with van der Waals surface area (Å²) in [5.74, 6) is -0.770. The van der Waals surface area contributed by atoms with Gasteiger partial charge in [-0.1, -0.05) is 0 Å². The molecule has 0 fully saturated rings. The van der Waals surface area contributed by atoms with Gasteiger partial charge in [0.05, 0.1) is 7.11 Å². The number of nitrogens with zero attached hydrogens (tertiary/aromatic N) is 1. The second kappa shape index (κ2) is 4.42. The Labute approximate surface area is 57.8 Å². The fraction of sp³-hybridized carbons (Fsp3) is 0.500. The van der Waals surface area contributed by atoms with Crippen LogP contribution < -0.4 is 11.5 Å². The molecule has 0 unspecified atom stereocenters. The number of ether oxygens (including phenoxy) is 1. The van der Waals surface area contributed by atoms with Gasteiger partial charge in [-0.25, -0.2) is 4.79 Å². The zero-order valence-corrected chi connectivity index (χ0v) is 5.53. The Kier molecular flexibility index (Phi) is 3.78. The highest BCUT2D eigenvalue weighted by Gasteiger charge is 1.97. The van der Waals surface area contributed by atoms with Gasteiger partial charge in [0, 0.05) is 0 Å². The fourth-order valence-electron chi connectivity index (χ4n) is 0.218. The Balaban J connectivity index is 3.37. The van der Waals surface area contributed by atoms with Gasteiger partial charge >= 0.3 is 5.97 Å². The largest absolute Gasteiger partial charge is 0.466 e. The normalized spacial score (nSPS) is 8.10. The SMILES string of the molecule is COC(=O)CON=C(N)N. The van der Waals surface area contributed by atoms with E-state index in [1.54, 1.807) is 0 Å². The monoisotopic (exact) mass is 147 g/mol. The lowest BCUT2D eigenvalue weighted by molar-refractivity contribution is -0.145. The Morgan fingerprint density at radius 2 is 2.20 bits per heavy atom. The summed E-state index contributed by atoms with van der Waals surface area (Å²) in [6, 6.07) is 0. The summed E-state index contributed by atoms with van der Waals surface area (Å²) in [6.45, 7) is -0.283. The third kappa shape index (κ3) is 4.69. The first kappa shape index (κ1) is 8.54. The first-order valence-electron chi connectivity index (χ1n) is 2.44. The summed E-state index contributed by atoms with van der Waals surface area (Å²) in [7, 11) is 1.24. The Hall–Kier alpha value is -1.46. The number of carbonyl (C=O) groups is 1. The van der Waals surface area contributed by atoms with E-state index in [0.717, 1.165) is 0 Å². The van der Waals surface area contributed by atoms with Gasteiger partial charge in [-0.15, -0.1) is 0 Å². The van der Waals surface area contributed by atoms with Gasteiger partial charge in [-0.3, -0.25) is 0 Å². The van der Waals surface area contributed by atoms with E-state index in [1.165, 1.54) is 7.11 Å². The first-order valence-corrected chi connectivity index (χ1v) is 2.44. The average Bonchev–Trinajstić information content (AvgIpc) is 1.87. The van der Waals surface area contributed by atoms with Crippen molar-refractivity contribution in [1.29, 1.82) is 0 Å². The Morgan fingerprint density at radius 1 is 1.60 bits per heavy atom. The van der Waals surface area contributed by atoms with Gasteiger partial charge in [0.25, 0.3) is 0 Å². The molecule has 6 heteroatoms. The summed E-state index contributed by atoms with van der Waals surface area (Å²) in [4.78, 5) is 14.6. The van der Waals surface area contributed by atoms with Crippen LogP contribution in [0.3, 0.4) is 0 Å². The van der Waals surface area contributed by atoms with Crippen LogP contribution in [0.25, 0.3) is 0 Å². The molecule has 0 aliphatic heterocycles. The van der Waals surface area contributed by atoms with E-state index < -0.39 is 5.97 Å². The average molecular weight is 147 g/mol. The van der Waals surface area contributed by atoms with Crippen molar-refractivity contribution in [2.75, 3.05) is 13.7 Å². The van der Waals surface area contributed by atoms with Gasteiger partial charge in [0.15, 0.2) is 0 Å². The van der Waals surface area contributed by atoms with Crippen LogP contribution in [-0.2, 0) is 14.4 Å². The van der Waals surface area contributed by atoms with E-state index in [0.29, 0.717) is 0 Å². The minimum atomic E-state index is -0.537. The summed E-state index contributed by atoms with van der Waals surface area (Å²) >= 11 is 0. The summed E-state index contributed by atoms with van der Waals surface area (Å²) < 4.78 is 4.22. The van der Waals surface area contributed by atoms with Gasteiger partial charge in [-0.2, -0.15) is 0 Å². The zero-order chi connectivity index (χ0) is 7.98. The number of rotatable bonds is 3. The van der Waals surface area contributed by atoms with Crippen LogP contribution in [-0.4, -0.2) is 25.6 Å². The van der Waals surface area contributed by atoms with Crippen molar-refractivity contribution in [3.63, 3.8) is 0 Å². The number of guanidine groups is 1. The van der Waals surface area contributed by atoms with Crippen molar-refractivity contribution in [3.05, 3.63) is 0 Å². The maximum atomic E-state index is 10.3. The van der Waals surface area contributed by atoms with Gasteiger partial charge in [0.2, 0.25) is 12.6 Å². The molecule has 0 bridgehead atoms. The molecule has 10 heavy (non-hydrogen) atoms. The highest BCUT2D eigenvalue weighted by Crippen LogP contribution is 1.77. The van der Waals surface area contributed by atoms with E-state index in [1.807, 2.05) is 0 Å². The van der Waals surface area contributed by atoms with E-state index in [2.05, 4.69) is 14.7 Å². The molecule has 0 aliphatic carbocycles. The molecular formula is C4H9N3O3. The molecule has 4 N–H and O–H groups in total. The molecule has 0 atom stereocenters. The fourth-order valence-corrected chi connectivity index (χ4v) is 0.218. The summed E-state index contributed by atoms with van der Waals surface area (Å²) in [6.07, 6.45) is 0. The summed E-state index contributed by atoms with van der Waals surface area (Å²) in [5.41, 5.74) is 9.74. The number of esters is 1. The maximum absolute atomic E-state index is 10.3. The van der Waals surface area contributed by atoms with Crippen LogP contribution in [0.2, 0.25) is 0 Å². The molecule has 0 aromatic carbocycles. The van der Waals surface area contributed by atoms with E-state index >= 15 is 0 Å². The van der Waals surface area contributed by atoms with E-state index in [4.69, 9.17) is 11.5 Å². The van der Waals surface area contributed by atoms with Crippen molar-refractivity contribution in [3.8, 4) is 0 Å². The van der Waals surface area contributed by atoms with Crippen LogP contribution in [0.15, 0.2) is 5.16 Å². The highest BCUT2D eigenvalue weighted by atomic mass is 16.7. The highest BCUT2D eigenvalue weighted by molar-refractivity contribution is 5.75. The number of hydrogen-bond donors (Lipinski definition) is 2. The summed E-state index contributed by atoms with van der Waals surface area (Å²) in [5, 5.41) is 3.08. The van der Waals surface area contributed by atoms with Gasteiger partial charge in [-0.05, 0) is 5.16 Å². The first-order chi connectivity index (χ1) is 4.66. The second-order valence-corrected chi connectivity index (χ2v) is 1.37. The smallest absolute Gasteiger partial charge is 0.346 e. The van der Waals surface area contributed by atoms with E-state index in [-0.39, 0.29) is 12.6 Å². The lowest BCUT2D eigenvalue weighted by Crippen LogP contribution is -2.23. The van der Waals surface area contributed by atoms with E-state index in [9.17, 15) is 4.79 Å². The van der Waals surface area contributed by atoms with Crippen LogP contribution in [0, 0.1) is 0 Å². The molecule has 0 aliphatic rings. The third-order valence-corrected chi connectivity index (χ3v) is 0.580. The zero-order valence-electron chi connectivity index (χ0n) is 5.53. The van der Waals surface area contributed by atoms with Crippen molar-refractivity contribution in [2.45, 2.75) is 0 Å². The molecular weight excluding hydrogens is 138 g/mol. The number of hydrogen-bond acceptors (Lipinski definition) is 4. The molecule has 0 aromatic rings. The molecule has 0 saturated carbocycles. The van der Waals surface area contributed by atoms with Crippen LogP contribution >= 0.6 is 0 Å². The molecule has 0 saturated heterocycles. The molecule has 58 valence electrons. The Bertz CT molecular complexity index is 141. The molecule has 0 rings (SSSR count). The predicted octanol–water partition coefficient (Wildman–Crippen LogP) is -1.64. The van der Waals surface area contributed by atoms with Crippen LogP contribution in [0.1, 0.15) is 0 Å². The molecule has 0 radical (unpaired) electrons. The van der Waals surface area contributed by atoms with Gasteiger partial charge in [0.1, 0.15) is 0 Å². The van der Waals surface area contributed by atoms with Crippen LogP contribution in [0.5, 0.6) is 0 Å². The molecule has 0 aromatic heterocycles. The minimum absolute atomic E-state index is 0.232. The Morgan fingerprint density at radius 3 is 2.60 bits per heavy atom. The molecule has 6 nitrogen and oxygen atoms in total. The predicted molar refractivity (Wildman–Crippen MR) is 33.8 cm³/mol. The molecule has 0 spiro atoms. The topological polar surface area (TPSA) is 99.9 Å². The standard InChI is InChI=1S/C4H9N3O3/c1-9-3(8)2-10-7-4(5)6/h2H2,1H3,(H4,5,6,7).